The quantitative estimate of drug-likeness (QED) is 0.101. The first-order chi connectivity index (χ1) is 31.1. The van der Waals surface area contributed by atoms with Gasteiger partial charge in [-0.3, -0.25) is 15.0 Å². The predicted molar refractivity (Wildman–Crippen MR) is 252 cm³/mol. The van der Waals surface area contributed by atoms with Crippen molar-refractivity contribution in [2.75, 3.05) is 52.7 Å². The number of nitrogens with one attached hydrogen (secondary N) is 1. The number of aliphatic hydroxyl groups excluding tert-OH is 2. The van der Waals surface area contributed by atoms with Crippen LogP contribution in [0, 0.1) is 23.7 Å². The van der Waals surface area contributed by atoms with Gasteiger partial charge in [-0.15, -0.1) is 0 Å². The smallest absolute Gasteiger partial charge is 0.410 e. The van der Waals surface area contributed by atoms with E-state index in [1.54, 1.807) is 47.0 Å². The van der Waals surface area contributed by atoms with Crippen LogP contribution in [0.15, 0.2) is 59.9 Å². The molecule has 6 heterocycles. The highest BCUT2D eigenvalue weighted by atomic mass is 79.9. The Morgan fingerprint density at radius 3 is 1.46 bits per heavy atom. The molecule has 2 amide bonds. The molecule has 3 N–H and O–H groups in total. The minimum Gasteiger partial charge on any atom is -0.490 e. The maximum Gasteiger partial charge on any atom is 0.410 e. The molecular weight excluding hydrogens is 896 g/mol. The third-order valence-corrected chi connectivity index (χ3v) is 10.2. The molecule has 0 unspecified atom stereocenters. The van der Waals surface area contributed by atoms with Gasteiger partial charge in [-0.25, -0.2) is 9.59 Å². The molecule has 65 heavy (non-hydrogen) atoms. The summed E-state index contributed by atoms with van der Waals surface area (Å²) in [6.45, 7) is 15.7. The van der Waals surface area contributed by atoms with E-state index in [0.29, 0.717) is 43.9 Å². The summed E-state index contributed by atoms with van der Waals surface area (Å²) in [6, 6.07) is 6.20. The maximum atomic E-state index is 12.1. The Kier molecular flexibility index (Phi) is 22.1. The topological polar surface area (TPSA) is 178 Å². The second-order valence-electron chi connectivity index (χ2n) is 17.7. The fourth-order valence-electron chi connectivity index (χ4n) is 6.01. The van der Waals surface area contributed by atoms with Crippen molar-refractivity contribution in [3.8, 4) is 40.9 Å². The number of aliphatic hydroxyl groups is 2. The lowest BCUT2D eigenvalue weighted by atomic mass is 10.1. The largest absolute Gasteiger partial charge is 0.490 e. The van der Waals surface area contributed by atoms with Crippen LogP contribution < -0.4 is 19.5 Å². The summed E-state index contributed by atoms with van der Waals surface area (Å²) in [7, 11) is 0. The molecule has 3 aliphatic heterocycles. The molecule has 15 nitrogen and oxygen atoms in total. The fraction of sp³-hybridized carbons (Fsp3) is 0.571. The summed E-state index contributed by atoms with van der Waals surface area (Å²) < 4.78 is 28.7. The van der Waals surface area contributed by atoms with Gasteiger partial charge in [0.2, 0.25) is 0 Å². The summed E-state index contributed by atoms with van der Waals surface area (Å²) in [5, 5.41) is 20.7. The van der Waals surface area contributed by atoms with Crippen molar-refractivity contribution < 1.29 is 43.5 Å². The number of amides is 2. The molecule has 3 aromatic rings. The number of hydrogen-bond donors (Lipinski definition) is 3. The van der Waals surface area contributed by atoms with E-state index in [4.69, 9.17) is 33.9 Å². The van der Waals surface area contributed by atoms with Gasteiger partial charge in [-0.2, -0.15) is 0 Å². The number of pyridine rings is 3. The number of nitrogens with zero attached hydrogens (tertiary/aromatic N) is 5. The van der Waals surface area contributed by atoms with Gasteiger partial charge in [-0.1, -0.05) is 23.7 Å². The Bertz CT molecular complexity index is 2050. The van der Waals surface area contributed by atoms with Crippen molar-refractivity contribution in [2.45, 2.75) is 129 Å². The van der Waals surface area contributed by atoms with Gasteiger partial charge in [0.15, 0.2) is 0 Å². The van der Waals surface area contributed by atoms with Crippen molar-refractivity contribution in [3.05, 3.63) is 71.0 Å². The molecule has 6 rings (SSSR count). The Labute approximate surface area is 393 Å². The number of rotatable bonds is 15. The highest BCUT2D eigenvalue weighted by Gasteiger charge is 2.37. The van der Waals surface area contributed by atoms with E-state index < -0.39 is 11.2 Å². The third kappa shape index (κ3) is 20.7. The van der Waals surface area contributed by atoms with Crippen molar-refractivity contribution in [2.24, 2.45) is 0 Å². The normalized spacial score (nSPS) is 17.2. The van der Waals surface area contributed by atoms with Crippen LogP contribution in [-0.2, 0) is 9.47 Å². The summed E-state index contributed by atoms with van der Waals surface area (Å²) in [5.41, 5.74) is 0.713. The van der Waals surface area contributed by atoms with Crippen LogP contribution in [0.25, 0.3) is 0 Å². The van der Waals surface area contributed by atoms with Crippen LogP contribution in [0.2, 0.25) is 0 Å². The van der Waals surface area contributed by atoms with Crippen LogP contribution in [0.5, 0.6) is 17.2 Å². The van der Waals surface area contributed by atoms with E-state index in [1.807, 2.05) is 59.7 Å². The number of halogens is 1. The lowest BCUT2D eigenvalue weighted by Gasteiger charge is -2.40. The first kappa shape index (κ1) is 52.5. The molecular formula is C49H67BrN6O9. The van der Waals surface area contributed by atoms with Crippen LogP contribution in [0.3, 0.4) is 0 Å². The molecule has 0 bridgehead atoms. The van der Waals surface area contributed by atoms with Gasteiger partial charge in [0.1, 0.15) is 48.3 Å². The van der Waals surface area contributed by atoms with Gasteiger partial charge in [0.05, 0.1) is 30.7 Å². The number of unbranched alkanes of at least 4 members (excludes halogenated alkanes) is 4. The molecule has 3 aliphatic rings. The molecule has 0 radical (unpaired) electrons. The van der Waals surface area contributed by atoms with Crippen LogP contribution >= 0.6 is 15.9 Å². The number of aromatic nitrogens is 3. The second kappa shape index (κ2) is 27.4. The average Bonchev–Trinajstić information content (AvgIpc) is 3.19. The molecule has 0 spiro atoms. The SMILES string of the molecule is CC(C)(C)OC(=O)N1CC[C@H]1COc1cncc(Br)c1.CC(C)(C)OC(=O)N1CC[C@H]1COc1cncc(C#CCCCCO)c1.OCCCCC#Cc1cncc(OC[C@@H]2CCN2)c1. The van der Waals surface area contributed by atoms with Crippen molar-refractivity contribution in [3.63, 3.8) is 0 Å². The van der Waals surface area contributed by atoms with Crippen LogP contribution in [0.4, 0.5) is 9.59 Å². The second-order valence-corrected chi connectivity index (χ2v) is 18.6. The van der Waals surface area contributed by atoms with Gasteiger partial charge < -0.3 is 49.0 Å². The van der Waals surface area contributed by atoms with E-state index in [2.05, 4.69) is 59.9 Å². The summed E-state index contributed by atoms with van der Waals surface area (Å²) in [4.78, 5) is 39.8. The fourth-order valence-corrected chi connectivity index (χ4v) is 6.35. The molecule has 0 aromatic carbocycles. The predicted octanol–water partition coefficient (Wildman–Crippen LogP) is 7.55. The monoisotopic (exact) mass is 962 g/mol. The van der Waals surface area contributed by atoms with Gasteiger partial charge >= 0.3 is 12.2 Å². The average molecular weight is 964 g/mol. The Hall–Kier alpha value is -5.13. The number of carbonyl (C=O) groups excluding carboxylic acids is 2. The zero-order valence-corrected chi connectivity index (χ0v) is 40.4. The molecule has 3 fully saturated rings. The molecule has 0 saturated carbocycles. The van der Waals surface area contributed by atoms with Crippen molar-refractivity contribution >= 4 is 28.1 Å². The van der Waals surface area contributed by atoms with E-state index in [-0.39, 0.29) is 37.5 Å². The molecule has 0 aliphatic carbocycles. The minimum atomic E-state index is -0.494. The third-order valence-electron chi connectivity index (χ3n) is 9.80. The van der Waals surface area contributed by atoms with Gasteiger partial charge in [-0.05, 0) is 127 Å². The Morgan fingerprint density at radius 2 is 1.09 bits per heavy atom. The van der Waals surface area contributed by atoms with Crippen LogP contribution in [0.1, 0.15) is 110 Å². The highest BCUT2D eigenvalue weighted by Crippen LogP contribution is 2.25. The van der Waals surface area contributed by atoms with Crippen molar-refractivity contribution in [1.82, 2.24) is 30.1 Å². The maximum absolute atomic E-state index is 12.1. The molecule has 3 aromatic heterocycles. The molecule has 354 valence electrons. The summed E-state index contributed by atoms with van der Waals surface area (Å²) in [5.74, 6) is 14.4. The van der Waals surface area contributed by atoms with E-state index in [9.17, 15) is 9.59 Å². The first-order valence-electron chi connectivity index (χ1n) is 22.4. The summed E-state index contributed by atoms with van der Waals surface area (Å²) in [6.07, 6.45) is 17.5. The first-order valence-corrected chi connectivity index (χ1v) is 23.2. The van der Waals surface area contributed by atoms with Gasteiger partial charge in [0.25, 0.3) is 0 Å². The number of carbonyl (C=O) groups is 2. The van der Waals surface area contributed by atoms with E-state index in [1.165, 1.54) is 6.42 Å². The molecule has 3 saturated heterocycles. The zero-order chi connectivity index (χ0) is 47.1. The van der Waals surface area contributed by atoms with Crippen molar-refractivity contribution in [1.29, 1.82) is 0 Å². The number of ether oxygens (including phenoxy) is 5. The number of likely N-dealkylation sites (tertiary alicyclic amines) is 2. The Balaban J connectivity index is 0.000000217. The standard InChI is InChI=1S/C20H28N2O4.C15H20N2O2.C14H19BrN2O3/c1-20(2,3)26-19(24)22-10-9-17(22)15-25-18-12-16(13-21-14-18)8-6-4-5-7-11-23;18-8-4-2-1-3-5-13-9-15(11-16-10-13)19-12-14-6-7-17-14;1-14(2,3)20-13(18)17-5-4-11(17)9-19-12-6-10(15)7-16-8-12/h12-14,17,23H,4-5,7,9-11,15H2,1-3H3;9-11,14,17-18H,1-2,4,6-8,12H2;6-8,11H,4-5,9H2,1-3H3/t17-;14-;11-/m000/s1. The zero-order valence-electron chi connectivity index (χ0n) is 38.8. The van der Waals surface area contributed by atoms with Gasteiger partial charge in [0, 0.05) is 79.4 Å². The minimum absolute atomic E-state index is 0.0260. The lowest BCUT2D eigenvalue weighted by Crippen LogP contribution is -2.55. The Morgan fingerprint density at radius 1 is 0.662 bits per heavy atom. The van der Waals surface area contributed by atoms with E-state index in [0.717, 1.165) is 85.8 Å². The summed E-state index contributed by atoms with van der Waals surface area (Å²) >= 11 is 3.34. The molecule has 16 heteroatoms. The van der Waals surface area contributed by atoms with E-state index >= 15 is 0 Å². The highest BCUT2D eigenvalue weighted by molar-refractivity contribution is 9.10. The molecule has 3 atom stereocenters. The van der Waals surface area contributed by atoms with Crippen LogP contribution in [-0.4, -0.2) is 129 Å². The lowest BCUT2D eigenvalue weighted by molar-refractivity contribution is -0.0149. The number of hydrogen-bond acceptors (Lipinski definition) is 13.